The SMILES string of the molecule is CCCNC(=O)C[C@@H]1CC[C@@H]2[C@H](COC[C@@H](O)CN2C(=O)c2ccccn2)O1. The van der Waals surface area contributed by atoms with Gasteiger partial charge in [0.1, 0.15) is 11.8 Å². The molecule has 28 heavy (non-hydrogen) atoms. The second kappa shape index (κ2) is 9.95. The summed E-state index contributed by atoms with van der Waals surface area (Å²) in [6.07, 6.45) is 2.84. The molecule has 2 amide bonds. The first kappa shape index (κ1) is 20.7. The van der Waals surface area contributed by atoms with E-state index in [0.29, 0.717) is 31.5 Å². The fraction of sp³-hybridized carbons (Fsp3) is 0.650. The number of nitrogens with one attached hydrogen (secondary N) is 1. The molecule has 3 rings (SSSR count). The van der Waals surface area contributed by atoms with Crippen LogP contribution in [0.3, 0.4) is 0 Å². The van der Waals surface area contributed by atoms with Gasteiger partial charge in [0.2, 0.25) is 5.91 Å². The molecule has 8 nitrogen and oxygen atoms in total. The van der Waals surface area contributed by atoms with Gasteiger partial charge in [-0.3, -0.25) is 14.6 Å². The Morgan fingerprint density at radius 3 is 2.93 bits per heavy atom. The molecule has 0 spiro atoms. The minimum atomic E-state index is -0.758. The Kier molecular flexibility index (Phi) is 7.36. The van der Waals surface area contributed by atoms with Crippen molar-refractivity contribution in [3.63, 3.8) is 0 Å². The van der Waals surface area contributed by atoms with Gasteiger partial charge >= 0.3 is 0 Å². The molecule has 0 aromatic carbocycles. The quantitative estimate of drug-likeness (QED) is 0.768. The molecule has 0 bridgehead atoms. The maximum Gasteiger partial charge on any atom is 0.272 e. The van der Waals surface area contributed by atoms with Crippen LogP contribution < -0.4 is 5.32 Å². The number of carbonyl (C=O) groups is 2. The Balaban J connectivity index is 1.70. The predicted octanol–water partition coefficient (Wildman–Crippen LogP) is 0.747. The van der Waals surface area contributed by atoms with Gasteiger partial charge in [0.15, 0.2) is 0 Å². The highest BCUT2D eigenvalue weighted by molar-refractivity contribution is 5.92. The van der Waals surface area contributed by atoms with Crippen molar-refractivity contribution in [1.29, 1.82) is 0 Å². The molecule has 2 N–H and O–H groups in total. The van der Waals surface area contributed by atoms with E-state index in [1.807, 2.05) is 6.92 Å². The average molecular weight is 391 g/mol. The summed E-state index contributed by atoms with van der Waals surface area (Å²) in [7, 11) is 0. The maximum absolute atomic E-state index is 13.0. The van der Waals surface area contributed by atoms with Crippen LogP contribution in [0.1, 0.15) is 43.1 Å². The monoisotopic (exact) mass is 391 g/mol. The van der Waals surface area contributed by atoms with Crippen molar-refractivity contribution < 1.29 is 24.2 Å². The number of nitrogens with zero attached hydrogens (tertiary/aromatic N) is 2. The van der Waals surface area contributed by atoms with E-state index >= 15 is 0 Å². The van der Waals surface area contributed by atoms with Gasteiger partial charge in [-0.25, -0.2) is 0 Å². The summed E-state index contributed by atoms with van der Waals surface area (Å²) < 4.78 is 11.7. The molecule has 0 saturated carbocycles. The van der Waals surface area contributed by atoms with Gasteiger partial charge in [0, 0.05) is 19.3 Å². The zero-order valence-electron chi connectivity index (χ0n) is 16.3. The van der Waals surface area contributed by atoms with Crippen molar-refractivity contribution in [2.45, 2.75) is 57.0 Å². The summed E-state index contributed by atoms with van der Waals surface area (Å²) in [4.78, 5) is 30.9. The van der Waals surface area contributed by atoms with E-state index < -0.39 is 6.10 Å². The molecular weight excluding hydrogens is 362 g/mol. The normalized spacial score (nSPS) is 28.0. The Morgan fingerprint density at radius 2 is 2.18 bits per heavy atom. The van der Waals surface area contributed by atoms with Gasteiger partial charge in [-0.15, -0.1) is 0 Å². The third kappa shape index (κ3) is 5.27. The predicted molar refractivity (Wildman–Crippen MR) is 102 cm³/mol. The van der Waals surface area contributed by atoms with Crippen molar-refractivity contribution >= 4 is 11.8 Å². The van der Waals surface area contributed by atoms with Gasteiger partial charge in [-0.05, 0) is 31.4 Å². The van der Waals surface area contributed by atoms with E-state index in [0.717, 1.165) is 6.42 Å². The summed E-state index contributed by atoms with van der Waals surface area (Å²) in [6.45, 7) is 3.25. The molecule has 8 heteroatoms. The number of fused-ring (bicyclic) bond motifs is 1. The molecule has 0 unspecified atom stereocenters. The lowest BCUT2D eigenvalue weighted by Gasteiger charge is -2.44. The summed E-state index contributed by atoms with van der Waals surface area (Å²) in [5, 5.41) is 13.1. The lowest BCUT2D eigenvalue weighted by Crippen LogP contribution is -2.57. The molecule has 2 aliphatic rings. The fourth-order valence-corrected chi connectivity index (χ4v) is 3.75. The maximum atomic E-state index is 13.0. The summed E-state index contributed by atoms with van der Waals surface area (Å²) in [6, 6.07) is 4.97. The molecule has 4 atom stereocenters. The number of aliphatic hydroxyl groups is 1. The van der Waals surface area contributed by atoms with Crippen LogP contribution in [0.15, 0.2) is 24.4 Å². The zero-order chi connectivity index (χ0) is 19.9. The smallest absolute Gasteiger partial charge is 0.272 e. The number of aromatic nitrogens is 1. The van der Waals surface area contributed by atoms with Crippen LogP contribution in [-0.2, 0) is 14.3 Å². The summed E-state index contributed by atoms with van der Waals surface area (Å²) in [5.74, 6) is -0.242. The van der Waals surface area contributed by atoms with Crippen LogP contribution in [0, 0.1) is 0 Å². The number of ether oxygens (including phenoxy) is 2. The standard InChI is InChI=1S/C20H29N3O5/c1-2-8-22-19(25)10-15-6-7-17-18(28-15)13-27-12-14(24)11-23(17)20(26)16-5-3-4-9-21-16/h3-5,9,14-15,17-18,24H,2,6-8,10-13H2,1H3,(H,22,25)/t14-,15-,17+,18-/m0/s1. The highest BCUT2D eigenvalue weighted by Gasteiger charge is 2.40. The van der Waals surface area contributed by atoms with Crippen molar-refractivity contribution in [3.8, 4) is 0 Å². The molecule has 0 radical (unpaired) electrons. The largest absolute Gasteiger partial charge is 0.389 e. The Labute approximate surface area is 165 Å². The fourth-order valence-electron chi connectivity index (χ4n) is 3.75. The second-order valence-corrected chi connectivity index (χ2v) is 7.36. The van der Waals surface area contributed by atoms with E-state index in [1.54, 1.807) is 29.3 Å². The van der Waals surface area contributed by atoms with E-state index in [-0.39, 0.29) is 49.8 Å². The molecule has 154 valence electrons. The molecule has 3 heterocycles. The van der Waals surface area contributed by atoms with Crippen LogP contribution in [0.5, 0.6) is 0 Å². The molecular formula is C20H29N3O5. The van der Waals surface area contributed by atoms with Crippen molar-refractivity contribution in [2.75, 3.05) is 26.3 Å². The molecule has 2 saturated heterocycles. The van der Waals surface area contributed by atoms with Gasteiger partial charge in [0.25, 0.3) is 5.91 Å². The second-order valence-electron chi connectivity index (χ2n) is 7.36. The van der Waals surface area contributed by atoms with Gasteiger partial charge < -0.3 is 24.8 Å². The highest BCUT2D eigenvalue weighted by atomic mass is 16.5. The van der Waals surface area contributed by atoms with Crippen LogP contribution in [-0.4, -0.2) is 77.5 Å². The first-order chi connectivity index (χ1) is 13.6. The van der Waals surface area contributed by atoms with Gasteiger partial charge in [-0.2, -0.15) is 0 Å². The Hall–Kier alpha value is -2.03. The highest BCUT2D eigenvalue weighted by Crippen LogP contribution is 2.28. The average Bonchev–Trinajstić information content (AvgIpc) is 2.70. The number of hydrogen-bond acceptors (Lipinski definition) is 6. The first-order valence-corrected chi connectivity index (χ1v) is 9.98. The number of aliphatic hydroxyl groups excluding tert-OH is 1. The third-order valence-corrected chi connectivity index (χ3v) is 5.11. The van der Waals surface area contributed by atoms with Gasteiger partial charge in [-0.1, -0.05) is 13.0 Å². The number of carbonyl (C=O) groups excluding carboxylic acids is 2. The number of pyridine rings is 1. The Bertz CT molecular complexity index is 657. The first-order valence-electron chi connectivity index (χ1n) is 9.98. The van der Waals surface area contributed by atoms with E-state index in [2.05, 4.69) is 10.3 Å². The molecule has 2 fully saturated rings. The number of amides is 2. The van der Waals surface area contributed by atoms with Crippen molar-refractivity contribution in [2.24, 2.45) is 0 Å². The Morgan fingerprint density at radius 1 is 1.32 bits per heavy atom. The van der Waals surface area contributed by atoms with E-state index in [4.69, 9.17) is 9.47 Å². The van der Waals surface area contributed by atoms with Gasteiger partial charge in [0.05, 0.1) is 37.9 Å². The molecule has 0 aliphatic carbocycles. The topological polar surface area (TPSA) is 101 Å². The van der Waals surface area contributed by atoms with Crippen molar-refractivity contribution in [1.82, 2.24) is 15.2 Å². The summed E-state index contributed by atoms with van der Waals surface area (Å²) in [5.41, 5.74) is 0.344. The lowest BCUT2D eigenvalue weighted by atomic mass is 9.94. The minimum absolute atomic E-state index is 0.0195. The number of rotatable bonds is 5. The minimum Gasteiger partial charge on any atom is -0.389 e. The van der Waals surface area contributed by atoms with E-state index in [1.165, 1.54) is 0 Å². The van der Waals surface area contributed by atoms with Crippen LogP contribution >= 0.6 is 0 Å². The third-order valence-electron chi connectivity index (χ3n) is 5.11. The summed E-state index contributed by atoms with van der Waals surface area (Å²) >= 11 is 0. The number of β-amino-alcohol motifs (C(OH)–C–C–N with tert-alkyl or cyclic N) is 1. The van der Waals surface area contributed by atoms with Crippen LogP contribution in [0.2, 0.25) is 0 Å². The molecule has 1 aromatic rings. The van der Waals surface area contributed by atoms with Crippen LogP contribution in [0.4, 0.5) is 0 Å². The van der Waals surface area contributed by atoms with E-state index in [9.17, 15) is 14.7 Å². The lowest BCUT2D eigenvalue weighted by molar-refractivity contribution is -0.150. The number of hydrogen-bond donors (Lipinski definition) is 2. The van der Waals surface area contributed by atoms with Crippen LogP contribution in [0.25, 0.3) is 0 Å². The zero-order valence-corrected chi connectivity index (χ0v) is 16.3. The van der Waals surface area contributed by atoms with Crippen molar-refractivity contribution in [3.05, 3.63) is 30.1 Å². The molecule has 2 aliphatic heterocycles. The molecule has 1 aromatic heterocycles.